The summed E-state index contributed by atoms with van der Waals surface area (Å²) in [4.78, 5) is 17.0. The summed E-state index contributed by atoms with van der Waals surface area (Å²) >= 11 is 1.51. The monoisotopic (exact) mass is 373 g/mol. The van der Waals surface area contributed by atoms with Gasteiger partial charge in [-0.1, -0.05) is 30.3 Å². The molecular weight excluding hydrogens is 354 g/mol. The van der Waals surface area contributed by atoms with E-state index < -0.39 is 0 Å². The van der Waals surface area contributed by atoms with Crippen molar-refractivity contribution < 1.29 is 4.79 Å². The Balaban J connectivity index is 1.73. The molecule has 0 aliphatic carbocycles. The second kappa shape index (κ2) is 8.52. The first kappa shape index (κ1) is 18.7. The number of anilines is 1. The topological polar surface area (TPSA) is 65.8 Å². The highest BCUT2D eigenvalue weighted by atomic mass is 32.2. The highest BCUT2D eigenvalue weighted by Gasteiger charge is 2.11. The Morgan fingerprint density at radius 2 is 1.89 bits per heavy atom. The number of para-hydroxylation sites is 1. The number of nitrogens with zero attached hydrogens (tertiary/aromatic N) is 2. The van der Waals surface area contributed by atoms with Crippen molar-refractivity contribution in [3.05, 3.63) is 88.6 Å². The zero-order valence-corrected chi connectivity index (χ0v) is 16.0. The zero-order chi connectivity index (χ0) is 19.2. The molecule has 0 spiro atoms. The van der Waals surface area contributed by atoms with Crippen LogP contribution in [0.5, 0.6) is 0 Å². The Morgan fingerprint density at radius 3 is 2.63 bits per heavy atom. The van der Waals surface area contributed by atoms with E-state index in [4.69, 9.17) is 0 Å². The van der Waals surface area contributed by atoms with E-state index in [1.807, 2.05) is 68.4 Å². The minimum absolute atomic E-state index is 0.143. The van der Waals surface area contributed by atoms with Gasteiger partial charge in [0.2, 0.25) is 0 Å². The Kier molecular flexibility index (Phi) is 5.90. The third kappa shape index (κ3) is 4.75. The number of aromatic nitrogens is 1. The molecule has 0 aliphatic heterocycles. The van der Waals surface area contributed by atoms with Gasteiger partial charge in [0.25, 0.3) is 5.91 Å². The average Bonchev–Trinajstić information content (AvgIpc) is 2.67. The number of pyridine rings is 1. The summed E-state index contributed by atoms with van der Waals surface area (Å²) in [7, 11) is 0. The highest BCUT2D eigenvalue weighted by Crippen LogP contribution is 2.27. The van der Waals surface area contributed by atoms with E-state index >= 15 is 0 Å². The largest absolute Gasteiger partial charge is 0.322 e. The van der Waals surface area contributed by atoms with Gasteiger partial charge in [-0.15, -0.1) is 11.8 Å². The SMILES string of the molecule is Cc1cc(C)c(C#N)c(SCc2cccc(C(=O)Nc3ccccc3)c2)n1. The third-order valence-corrected chi connectivity index (χ3v) is 5.07. The van der Waals surface area contributed by atoms with E-state index in [1.165, 1.54) is 11.8 Å². The molecule has 2 aromatic carbocycles. The van der Waals surface area contributed by atoms with Gasteiger partial charge in [0.1, 0.15) is 11.1 Å². The molecule has 0 atom stereocenters. The van der Waals surface area contributed by atoms with Crippen molar-refractivity contribution in [1.29, 1.82) is 5.26 Å². The summed E-state index contributed by atoms with van der Waals surface area (Å²) in [5.74, 6) is 0.493. The van der Waals surface area contributed by atoms with Crippen molar-refractivity contribution in [1.82, 2.24) is 4.98 Å². The minimum Gasteiger partial charge on any atom is -0.322 e. The summed E-state index contributed by atoms with van der Waals surface area (Å²) in [5, 5.41) is 13.0. The zero-order valence-electron chi connectivity index (χ0n) is 15.2. The van der Waals surface area contributed by atoms with Crippen molar-refractivity contribution in [2.24, 2.45) is 0 Å². The molecule has 134 valence electrons. The molecule has 0 radical (unpaired) electrons. The van der Waals surface area contributed by atoms with E-state index in [2.05, 4.69) is 16.4 Å². The number of nitrogens with one attached hydrogen (secondary N) is 1. The van der Waals surface area contributed by atoms with Crippen LogP contribution in [0.3, 0.4) is 0 Å². The second-order valence-corrected chi connectivity index (χ2v) is 7.15. The number of nitriles is 1. The standard InChI is InChI=1S/C22H19N3OS/c1-15-11-16(2)24-22(20(15)13-23)27-14-17-7-6-8-18(12-17)21(26)25-19-9-4-3-5-10-19/h3-12H,14H2,1-2H3,(H,25,26). The molecule has 27 heavy (non-hydrogen) atoms. The van der Waals surface area contributed by atoms with Crippen LogP contribution in [0.2, 0.25) is 0 Å². The molecule has 3 aromatic rings. The summed E-state index contributed by atoms with van der Waals surface area (Å²) in [6.45, 7) is 3.85. The highest BCUT2D eigenvalue weighted by molar-refractivity contribution is 7.98. The number of rotatable bonds is 5. The first-order valence-corrected chi connectivity index (χ1v) is 9.52. The lowest BCUT2D eigenvalue weighted by Crippen LogP contribution is -2.11. The summed E-state index contributed by atoms with van der Waals surface area (Å²) in [6.07, 6.45) is 0. The molecule has 4 nitrogen and oxygen atoms in total. The Labute approximate surface area is 163 Å². The molecule has 1 aromatic heterocycles. The maximum Gasteiger partial charge on any atom is 0.255 e. The lowest BCUT2D eigenvalue weighted by molar-refractivity contribution is 0.102. The molecule has 0 fully saturated rings. The minimum atomic E-state index is -0.143. The van der Waals surface area contributed by atoms with Gasteiger partial charge in [0.15, 0.2) is 0 Å². The van der Waals surface area contributed by atoms with E-state index in [9.17, 15) is 10.1 Å². The summed E-state index contributed by atoms with van der Waals surface area (Å²) < 4.78 is 0. The van der Waals surface area contributed by atoms with Crippen LogP contribution in [0.15, 0.2) is 65.7 Å². The quantitative estimate of drug-likeness (QED) is 0.631. The van der Waals surface area contributed by atoms with Gasteiger partial charge in [0, 0.05) is 22.7 Å². The van der Waals surface area contributed by atoms with Gasteiger partial charge in [-0.2, -0.15) is 5.26 Å². The lowest BCUT2D eigenvalue weighted by atomic mass is 10.1. The maximum absolute atomic E-state index is 12.5. The van der Waals surface area contributed by atoms with Crippen LogP contribution in [0.4, 0.5) is 5.69 Å². The number of aryl methyl sites for hydroxylation is 2. The fourth-order valence-electron chi connectivity index (χ4n) is 2.72. The van der Waals surface area contributed by atoms with Gasteiger partial charge in [-0.3, -0.25) is 4.79 Å². The molecule has 0 saturated carbocycles. The van der Waals surface area contributed by atoms with Crippen LogP contribution in [0.25, 0.3) is 0 Å². The molecule has 0 bridgehead atoms. The molecule has 1 heterocycles. The van der Waals surface area contributed by atoms with Crippen molar-refractivity contribution >= 4 is 23.4 Å². The Bertz CT molecular complexity index is 1010. The normalized spacial score (nSPS) is 10.3. The van der Waals surface area contributed by atoms with Gasteiger partial charge in [-0.05, 0) is 55.3 Å². The third-order valence-electron chi connectivity index (χ3n) is 4.02. The van der Waals surface area contributed by atoms with Crippen LogP contribution in [0.1, 0.15) is 32.7 Å². The molecule has 0 saturated heterocycles. The molecule has 5 heteroatoms. The number of hydrogen-bond donors (Lipinski definition) is 1. The van der Waals surface area contributed by atoms with Crippen LogP contribution in [-0.4, -0.2) is 10.9 Å². The van der Waals surface area contributed by atoms with Gasteiger partial charge >= 0.3 is 0 Å². The number of carbonyl (C=O) groups excluding carboxylic acids is 1. The predicted octanol–water partition coefficient (Wildman–Crippen LogP) is 5.11. The van der Waals surface area contributed by atoms with Crippen LogP contribution < -0.4 is 5.32 Å². The second-order valence-electron chi connectivity index (χ2n) is 6.18. The van der Waals surface area contributed by atoms with E-state index in [0.29, 0.717) is 16.9 Å². The molecular formula is C22H19N3OS. The van der Waals surface area contributed by atoms with E-state index in [1.54, 1.807) is 6.07 Å². The Hall–Kier alpha value is -3.10. The first-order valence-electron chi connectivity index (χ1n) is 8.53. The average molecular weight is 373 g/mol. The summed E-state index contributed by atoms with van der Waals surface area (Å²) in [5.41, 5.74) is 4.81. The summed E-state index contributed by atoms with van der Waals surface area (Å²) in [6, 6.07) is 21.0. The van der Waals surface area contributed by atoms with Crippen molar-refractivity contribution in [3.8, 4) is 6.07 Å². The first-order chi connectivity index (χ1) is 13.1. The van der Waals surface area contributed by atoms with E-state index in [0.717, 1.165) is 27.5 Å². The molecule has 0 aliphatic rings. The van der Waals surface area contributed by atoms with Crippen molar-refractivity contribution in [2.45, 2.75) is 24.6 Å². The number of amides is 1. The van der Waals surface area contributed by atoms with E-state index in [-0.39, 0.29) is 5.91 Å². The van der Waals surface area contributed by atoms with Crippen molar-refractivity contribution in [3.63, 3.8) is 0 Å². The smallest absolute Gasteiger partial charge is 0.255 e. The van der Waals surface area contributed by atoms with Crippen LogP contribution >= 0.6 is 11.8 Å². The van der Waals surface area contributed by atoms with Gasteiger partial charge in [-0.25, -0.2) is 4.98 Å². The van der Waals surface area contributed by atoms with Gasteiger partial charge < -0.3 is 5.32 Å². The molecule has 0 unspecified atom stereocenters. The molecule has 1 N–H and O–H groups in total. The molecule has 3 rings (SSSR count). The molecule has 1 amide bonds. The number of benzene rings is 2. The van der Waals surface area contributed by atoms with Crippen LogP contribution in [0, 0.1) is 25.2 Å². The van der Waals surface area contributed by atoms with Crippen molar-refractivity contribution in [2.75, 3.05) is 5.32 Å². The number of thioether (sulfide) groups is 1. The maximum atomic E-state index is 12.5. The number of hydrogen-bond acceptors (Lipinski definition) is 4. The fraction of sp³-hybridized carbons (Fsp3) is 0.136. The lowest BCUT2D eigenvalue weighted by Gasteiger charge is -2.09. The van der Waals surface area contributed by atoms with Gasteiger partial charge in [0.05, 0.1) is 5.56 Å². The predicted molar refractivity (Wildman–Crippen MR) is 109 cm³/mol. The fourth-order valence-corrected chi connectivity index (χ4v) is 3.76. The Morgan fingerprint density at radius 1 is 1.11 bits per heavy atom. The van der Waals surface area contributed by atoms with Crippen LogP contribution in [-0.2, 0) is 5.75 Å². The number of carbonyl (C=O) groups is 1.